The molecule has 8 heteroatoms. The molecule has 0 aliphatic carbocycles. The van der Waals surface area contributed by atoms with Crippen molar-refractivity contribution in [3.63, 3.8) is 0 Å². The summed E-state index contributed by atoms with van der Waals surface area (Å²) in [6, 6.07) is 10.8. The summed E-state index contributed by atoms with van der Waals surface area (Å²) in [5.41, 5.74) is 3.44. The Labute approximate surface area is 163 Å². The van der Waals surface area contributed by atoms with Gasteiger partial charge >= 0.3 is 0 Å². The SMILES string of the molecule is CC1=C(c2ccc(F)cc2)S(=O)(=O)NC1=NCC(=O)Nc1cccc(C)c1C. The molecule has 0 bridgehead atoms. The maximum absolute atomic E-state index is 13.1. The number of rotatable bonds is 4. The molecule has 28 heavy (non-hydrogen) atoms. The number of aryl methyl sites for hydroxylation is 1. The molecule has 6 nitrogen and oxygen atoms in total. The zero-order chi connectivity index (χ0) is 20.5. The van der Waals surface area contributed by atoms with Crippen LogP contribution in [0.1, 0.15) is 23.6 Å². The molecule has 0 fully saturated rings. The van der Waals surface area contributed by atoms with Gasteiger partial charge in [-0.3, -0.25) is 14.5 Å². The molecule has 2 aromatic carbocycles. The first-order valence-corrected chi connectivity index (χ1v) is 10.1. The van der Waals surface area contributed by atoms with E-state index in [1.54, 1.807) is 13.0 Å². The number of hydrogen-bond acceptors (Lipinski definition) is 4. The van der Waals surface area contributed by atoms with Gasteiger partial charge in [0.1, 0.15) is 23.1 Å². The Hall–Kier alpha value is -3.00. The van der Waals surface area contributed by atoms with Gasteiger partial charge in [0.25, 0.3) is 10.0 Å². The van der Waals surface area contributed by atoms with Crippen LogP contribution in [0.5, 0.6) is 0 Å². The highest BCUT2D eigenvalue weighted by Crippen LogP contribution is 2.29. The minimum atomic E-state index is -3.83. The number of benzene rings is 2. The van der Waals surface area contributed by atoms with Crippen molar-refractivity contribution in [2.24, 2.45) is 4.99 Å². The second-order valence-corrected chi connectivity index (χ2v) is 8.15. The molecule has 1 heterocycles. The number of amides is 1. The fourth-order valence-electron chi connectivity index (χ4n) is 2.91. The van der Waals surface area contributed by atoms with Crippen molar-refractivity contribution in [3.8, 4) is 0 Å². The van der Waals surface area contributed by atoms with Gasteiger partial charge in [-0.15, -0.1) is 0 Å². The molecule has 0 radical (unpaired) electrons. The van der Waals surface area contributed by atoms with Crippen LogP contribution in [0.25, 0.3) is 4.91 Å². The number of hydrogen-bond donors (Lipinski definition) is 2. The zero-order valence-electron chi connectivity index (χ0n) is 15.7. The Morgan fingerprint density at radius 1 is 1.11 bits per heavy atom. The molecule has 0 aromatic heterocycles. The van der Waals surface area contributed by atoms with Gasteiger partial charge in [-0.2, -0.15) is 0 Å². The Kier molecular flexibility index (Phi) is 5.33. The van der Waals surface area contributed by atoms with Gasteiger partial charge in [-0.1, -0.05) is 24.3 Å². The fourth-order valence-corrected chi connectivity index (χ4v) is 4.44. The van der Waals surface area contributed by atoms with E-state index in [-0.39, 0.29) is 23.2 Å². The highest BCUT2D eigenvalue weighted by Gasteiger charge is 2.32. The highest BCUT2D eigenvalue weighted by molar-refractivity contribution is 8.00. The first-order valence-electron chi connectivity index (χ1n) is 8.59. The lowest BCUT2D eigenvalue weighted by atomic mass is 10.1. The number of aliphatic imine (C=N–C) groups is 1. The Morgan fingerprint density at radius 3 is 2.46 bits per heavy atom. The standard InChI is InChI=1S/C20H20FN3O3S/c1-12-5-4-6-17(13(12)2)23-18(25)11-22-20-14(3)19(28(26,27)24-20)15-7-9-16(21)10-8-15/h4-10H,11H2,1-3H3,(H,22,24)(H,23,25). The van der Waals surface area contributed by atoms with Crippen molar-refractivity contribution < 1.29 is 17.6 Å². The molecule has 2 aromatic rings. The van der Waals surface area contributed by atoms with Crippen LogP contribution in [-0.4, -0.2) is 26.7 Å². The van der Waals surface area contributed by atoms with Crippen LogP contribution in [-0.2, 0) is 14.8 Å². The molecule has 3 rings (SSSR count). The molecule has 0 saturated heterocycles. The van der Waals surface area contributed by atoms with Crippen LogP contribution in [0.3, 0.4) is 0 Å². The molecule has 1 aliphatic rings. The van der Waals surface area contributed by atoms with Gasteiger partial charge in [0, 0.05) is 11.3 Å². The molecule has 2 N–H and O–H groups in total. The van der Waals surface area contributed by atoms with E-state index in [9.17, 15) is 17.6 Å². The van der Waals surface area contributed by atoms with Crippen molar-refractivity contribution in [2.45, 2.75) is 20.8 Å². The molecular formula is C20H20FN3O3S. The number of nitrogens with zero attached hydrogens (tertiary/aromatic N) is 1. The summed E-state index contributed by atoms with van der Waals surface area (Å²) < 4.78 is 40.4. The molecule has 1 amide bonds. The lowest BCUT2D eigenvalue weighted by Gasteiger charge is -2.09. The monoisotopic (exact) mass is 401 g/mol. The molecule has 146 valence electrons. The maximum atomic E-state index is 13.1. The van der Waals surface area contributed by atoms with Crippen LogP contribution in [0.2, 0.25) is 0 Å². The third-order valence-corrected chi connectivity index (χ3v) is 6.10. The molecule has 0 saturated carbocycles. The van der Waals surface area contributed by atoms with Gasteiger partial charge in [0.15, 0.2) is 0 Å². The summed E-state index contributed by atoms with van der Waals surface area (Å²) in [6.07, 6.45) is 0. The van der Waals surface area contributed by atoms with Crippen LogP contribution < -0.4 is 10.0 Å². The largest absolute Gasteiger partial charge is 0.324 e. The number of nitrogens with one attached hydrogen (secondary N) is 2. The summed E-state index contributed by atoms with van der Waals surface area (Å²) in [6.45, 7) is 5.21. The third-order valence-electron chi connectivity index (χ3n) is 4.56. The first-order chi connectivity index (χ1) is 13.2. The predicted octanol–water partition coefficient (Wildman–Crippen LogP) is 3.14. The smallest absolute Gasteiger partial charge is 0.264 e. The van der Waals surface area contributed by atoms with Gasteiger partial charge in [-0.05, 0) is 55.7 Å². The average Bonchev–Trinajstić information content (AvgIpc) is 2.87. The van der Waals surface area contributed by atoms with E-state index >= 15 is 0 Å². The second kappa shape index (κ2) is 7.55. The summed E-state index contributed by atoms with van der Waals surface area (Å²) in [7, 11) is -3.83. The molecule has 0 unspecified atom stereocenters. The fraction of sp³-hybridized carbons (Fsp3) is 0.200. The van der Waals surface area contributed by atoms with Crippen LogP contribution in [0.4, 0.5) is 10.1 Å². The number of carbonyl (C=O) groups excluding carboxylic acids is 1. The Morgan fingerprint density at radius 2 is 1.79 bits per heavy atom. The topological polar surface area (TPSA) is 87.6 Å². The van der Waals surface area contributed by atoms with E-state index in [0.29, 0.717) is 16.8 Å². The van der Waals surface area contributed by atoms with Crippen LogP contribution in [0.15, 0.2) is 53.0 Å². The Balaban J connectivity index is 1.81. The summed E-state index contributed by atoms with van der Waals surface area (Å²) in [4.78, 5) is 16.4. The van der Waals surface area contributed by atoms with E-state index in [1.165, 1.54) is 24.3 Å². The lowest BCUT2D eigenvalue weighted by Crippen LogP contribution is -2.25. The van der Waals surface area contributed by atoms with Crippen LogP contribution >= 0.6 is 0 Å². The van der Waals surface area contributed by atoms with Gasteiger partial charge in [-0.25, -0.2) is 12.8 Å². The minimum Gasteiger partial charge on any atom is -0.324 e. The zero-order valence-corrected chi connectivity index (χ0v) is 16.5. The normalized spacial score (nSPS) is 16.9. The Bertz CT molecular complexity index is 1100. The summed E-state index contributed by atoms with van der Waals surface area (Å²) in [5, 5.41) is 2.78. The van der Waals surface area contributed by atoms with Crippen LogP contribution in [0, 0.1) is 19.7 Å². The predicted molar refractivity (Wildman–Crippen MR) is 108 cm³/mol. The van der Waals surface area contributed by atoms with Gasteiger partial charge < -0.3 is 5.32 Å². The molecule has 1 aliphatic heterocycles. The maximum Gasteiger partial charge on any atom is 0.264 e. The highest BCUT2D eigenvalue weighted by atomic mass is 32.2. The van der Waals surface area contributed by atoms with E-state index in [4.69, 9.17) is 0 Å². The number of anilines is 1. The quantitative estimate of drug-likeness (QED) is 0.825. The number of halogens is 1. The average molecular weight is 401 g/mol. The molecular weight excluding hydrogens is 381 g/mol. The molecule has 0 spiro atoms. The van der Waals surface area contributed by atoms with E-state index in [2.05, 4.69) is 15.0 Å². The van der Waals surface area contributed by atoms with Crippen molar-refractivity contribution in [1.29, 1.82) is 0 Å². The number of amidine groups is 1. The third kappa shape index (κ3) is 3.96. The summed E-state index contributed by atoms with van der Waals surface area (Å²) in [5.74, 6) is -0.707. The van der Waals surface area contributed by atoms with Gasteiger partial charge in [0.05, 0.1) is 0 Å². The van der Waals surface area contributed by atoms with E-state index in [0.717, 1.165) is 11.1 Å². The van der Waals surface area contributed by atoms with Crippen molar-refractivity contribution in [3.05, 3.63) is 70.5 Å². The van der Waals surface area contributed by atoms with Gasteiger partial charge in [0.2, 0.25) is 5.91 Å². The number of sulfonamides is 1. The molecule has 0 atom stereocenters. The van der Waals surface area contributed by atoms with Crippen molar-refractivity contribution in [2.75, 3.05) is 11.9 Å². The van der Waals surface area contributed by atoms with Crippen molar-refractivity contribution >= 4 is 32.4 Å². The number of carbonyl (C=O) groups is 1. The second-order valence-electron chi connectivity index (χ2n) is 6.53. The van der Waals surface area contributed by atoms with E-state index in [1.807, 2.05) is 26.0 Å². The van der Waals surface area contributed by atoms with Crippen molar-refractivity contribution in [1.82, 2.24) is 4.72 Å². The van der Waals surface area contributed by atoms with E-state index < -0.39 is 15.8 Å². The lowest BCUT2D eigenvalue weighted by molar-refractivity contribution is -0.114. The summed E-state index contributed by atoms with van der Waals surface area (Å²) >= 11 is 0. The minimum absolute atomic E-state index is 0.0289. The first kappa shape index (κ1) is 19.8.